The first-order valence-corrected chi connectivity index (χ1v) is 10.1. The molecule has 0 aromatic rings. The zero-order chi connectivity index (χ0) is 20.4. The molecule has 0 bridgehead atoms. The summed E-state index contributed by atoms with van der Waals surface area (Å²) in [6.45, 7) is 4.22. The summed E-state index contributed by atoms with van der Waals surface area (Å²) in [5.41, 5.74) is 5.54. The number of esters is 1. The number of hydrogen-bond donors (Lipinski definition) is 1. The van der Waals surface area contributed by atoms with E-state index in [1.807, 2.05) is 6.92 Å². The molecule has 1 atom stereocenters. The van der Waals surface area contributed by atoms with Crippen molar-refractivity contribution in [3.63, 3.8) is 0 Å². The van der Waals surface area contributed by atoms with Gasteiger partial charge in [-0.25, -0.2) is 0 Å². The van der Waals surface area contributed by atoms with E-state index in [1.54, 1.807) is 21.1 Å². The molecule has 0 saturated heterocycles. The maximum Gasteiger partial charge on any atom is 0.307 e. The van der Waals surface area contributed by atoms with Crippen molar-refractivity contribution < 1.29 is 23.9 Å². The van der Waals surface area contributed by atoms with Crippen molar-refractivity contribution >= 4 is 11.9 Å². The molecule has 26 heavy (non-hydrogen) atoms. The summed E-state index contributed by atoms with van der Waals surface area (Å²) >= 11 is 0. The number of ether oxygens (including phenoxy) is 1. The molecule has 0 amide bonds. The smallest absolute Gasteiger partial charge is 0.307 e. The molecule has 0 heterocycles. The molecule has 0 aliphatic carbocycles. The second-order valence-electron chi connectivity index (χ2n) is 7.84. The van der Waals surface area contributed by atoms with Gasteiger partial charge in [-0.3, -0.25) is 10.5 Å². The average molecular weight is 375 g/mol. The van der Waals surface area contributed by atoms with Crippen LogP contribution in [0.4, 0.5) is 0 Å². The molecule has 2 N–H and O–H groups in total. The summed E-state index contributed by atoms with van der Waals surface area (Å²) in [7, 11) is 5.40. The Morgan fingerprint density at radius 2 is 1.38 bits per heavy atom. The van der Waals surface area contributed by atoms with E-state index < -0.39 is 12.2 Å². The van der Waals surface area contributed by atoms with Crippen LogP contribution in [-0.4, -0.2) is 50.3 Å². The number of unbranched alkanes of at least 4 members (excludes halogenated alkanes) is 8. The Balaban J connectivity index is 0. The maximum atomic E-state index is 11.3. The van der Waals surface area contributed by atoms with Crippen molar-refractivity contribution in [3.05, 3.63) is 0 Å². The van der Waals surface area contributed by atoms with Gasteiger partial charge in [0.2, 0.25) is 0 Å². The van der Waals surface area contributed by atoms with Crippen LogP contribution >= 0.6 is 0 Å². The molecule has 0 spiro atoms. The van der Waals surface area contributed by atoms with Gasteiger partial charge < -0.3 is 19.1 Å². The van der Waals surface area contributed by atoms with E-state index in [1.165, 1.54) is 44.9 Å². The highest BCUT2D eigenvalue weighted by Crippen LogP contribution is 2.10. The Hall–Kier alpha value is -1.14. The van der Waals surface area contributed by atoms with E-state index >= 15 is 0 Å². The highest BCUT2D eigenvalue weighted by atomic mass is 16.6. The molecule has 1 unspecified atom stereocenters. The molecular formula is C20H42N2O4. The number of likely N-dealkylation sites (N-methyl/N-ethyl adjacent to an activating group) is 1. The minimum atomic E-state index is -1.00. The summed E-state index contributed by atoms with van der Waals surface area (Å²) in [6.07, 6.45) is 12.1. The lowest BCUT2D eigenvalue weighted by Gasteiger charge is -2.23. The second kappa shape index (κ2) is 17.3. The van der Waals surface area contributed by atoms with Crippen molar-refractivity contribution in [1.29, 1.82) is 0 Å². The topological polar surface area (TPSA) is 92.5 Å². The number of carbonyl (C=O) groups is 2. The molecule has 0 radical (unpaired) electrons. The molecular weight excluding hydrogens is 332 g/mol. The van der Waals surface area contributed by atoms with E-state index in [2.05, 4.69) is 6.92 Å². The van der Waals surface area contributed by atoms with Crippen molar-refractivity contribution in [1.82, 2.24) is 0 Å². The number of carbonyl (C=O) groups excluding carboxylic acids is 2. The predicted octanol–water partition coefficient (Wildman–Crippen LogP) is 2.59. The summed E-state index contributed by atoms with van der Waals surface area (Å²) in [5, 5.41) is 9.89. The number of nitrogens with zero attached hydrogens (tertiary/aromatic N) is 1. The number of rotatable bonds is 14. The van der Waals surface area contributed by atoms with Crippen molar-refractivity contribution in [2.45, 2.75) is 90.7 Å². The van der Waals surface area contributed by atoms with Crippen LogP contribution in [0.5, 0.6) is 0 Å². The van der Waals surface area contributed by atoms with E-state index in [0.717, 1.165) is 12.8 Å². The van der Waals surface area contributed by atoms with Crippen LogP contribution in [0.3, 0.4) is 0 Å². The van der Waals surface area contributed by atoms with Crippen LogP contribution in [-0.2, 0) is 14.3 Å². The molecule has 0 rings (SSSR count). The lowest BCUT2D eigenvalue weighted by Crippen LogP contribution is -2.45. The number of nitrogens with two attached hydrogens (primary N) is 1. The van der Waals surface area contributed by atoms with Crippen molar-refractivity contribution in [2.75, 3.05) is 27.7 Å². The fraction of sp³-hybridized carbons (Fsp3) is 0.900. The minimum Gasteiger partial charge on any atom is -0.544 e. The molecule has 156 valence electrons. The van der Waals surface area contributed by atoms with Gasteiger partial charge in [0.1, 0.15) is 6.54 Å². The number of carboxylic acids is 1. The molecule has 6 nitrogen and oxygen atoms in total. The highest BCUT2D eigenvalue weighted by molar-refractivity contribution is 5.69. The third-order valence-electron chi connectivity index (χ3n) is 3.77. The van der Waals surface area contributed by atoms with E-state index in [9.17, 15) is 14.7 Å². The van der Waals surface area contributed by atoms with Gasteiger partial charge in [-0.05, 0) is 12.8 Å². The number of hydrogen-bond acceptors (Lipinski definition) is 5. The van der Waals surface area contributed by atoms with Crippen LogP contribution < -0.4 is 10.8 Å². The quantitative estimate of drug-likeness (QED) is 0.218. The van der Waals surface area contributed by atoms with Crippen LogP contribution in [0.25, 0.3) is 0 Å². The third kappa shape index (κ3) is 25.1. The molecule has 6 heteroatoms. The number of quaternary nitrogens is 1. The zero-order valence-electron chi connectivity index (χ0n) is 17.7. The van der Waals surface area contributed by atoms with Crippen LogP contribution in [0.15, 0.2) is 0 Å². The third-order valence-corrected chi connectivity index (χ3v) is 3.77. The van der Waals surface area contributed by atoms with Crippen molar-refractivity contribution in [2.24, 2.45) is 5.73 Å². The van der Waals surface area contributed by atoms with Gasteiger partial charge in [0, 0.05) is 6.42 Å². The Morgan fingerprint density at radius 1 is 0.923 bits per heavy atom. The van der Waals surface area contributed by atoms with Crippen LogP contribution in [0, 0.1) is 0 Å². The fourth-order valence-corrected chi connectivity index (χ4v) is 2.28. The summed E-state index contributed by atoms with van der Waals surface area (Å²) in [4.78, 5) is 21.2. The Kier molecular flexibility index (Phi) is 18.0. The van der Waals surface area contributed by atoms with Crippen LogP contribution in [0.1, 0.15) is 84.5 Å². The normalized spacial score (nSPS) is 12.1. The molecule has 0 aliphatic heterocycles. The largest absolute Gasteiger partial charge is 0.544 e. The Morgan fingerprint density at radius 3 is 1.73 bits per heavy atom. The SMILES string of the molecule is CCCCCCCCCCCC(=O)OC(N)CC.C[N+](C)(C)CC(=O)[O-]. The van der Waals surface area contributed by atoms with Crippen molar-refractivity contribution in [3.8, 4) is 0 Å². The van der Waals surface area contributed by atoms with Gasteiger partial charge in [-0.15, -0.1) is 0 Å². The summed E-state index contributed by atoms with van der Waals surface area (Å²) in [5.74, 6) is -1.15. The lowest BCUT2D eigenvalue weighted by molar-refractivity contribution is -0.864. The van der Waals surface area contributed by atoms with Gasteiger partial charge >= 0.3 is 5.97 Å². The number of aliphatic carboxylic acids is 1. The van der Waals surface area contributed by atoms with Gasteiger partial charge in [-0.2, -0.15) is 0 Å². The fourth-order valence-electron chi connectivity index (χ4n) is 2.28. The van der Waals surface area contributed by atoms with Crippen LogP contribution in [0.2, 0.25) is 0 Å². The molecule has 0 aromatic heterocycles. The Bertz CT molecular complexity index is 354. The standard InChI is InChI=1S/C15H31NO2.C5H11NO2/c1-3-5-6-7-8-9-10-11-12-13-15(17)18-14(16)4-2;1-6(2,3)4-5(7)8/h14H,3-13,16H2,1-2H3;4H2,1-3H3. The molecule has 0 aromatic carbocycles. The first-order chi connectivity index (χ1) is 12.1. The van der Waals surface area contributed by atoms with Gasteiger partial charge in [0.15, 0.2) is 6.23 Å². The summed E-state index contributed by atoms with van der Waals surface area (Å²) < 4.78 is 5.43. The Labute approximate surface area is 160 Å². The predicted molar refractivity (Wildman–Crippen MR) is 104 cm³/mol. The average Bonchev–Trinajstić information content (AvgIpc) is 2.51. The first kappa shape index (κ1) is 27.1. The molecule has 0 fully saturated rings. The van der Waals surface area contributed by atoms with Gasteiger partial charge in [0.05, 0.1) is 27.1 Å². The second-order valence-corrected chi connectivity index (χ2v) is 7.84. The summed E-state index contributed by atoms with van der Waals surface area (Å²) in [6, 6.07) is 0. The monoisotopic (exact) mass is 374 g/mol. The van der Waals surface area contributed by atoms with E-state index in [-0.39, 0.29) is 12.5 Å². The first-order valence-electron chi connectivity index (χ1n) is 10.1. The van der Waals surface area contributed by atoms with E-state index in [4.69, 9.17) is 10.5 Å². The minimum absolute atomic E-state index is 0.0694. The molecule has 0 aliphatic rings. The highest BCUT2D eigenvalue weighted by Gasteiger charge is 2.07. The zero-order valence-corrected chi connectivity index (χ0v) is 17.7. The maximum absolute atomic E-state index is 11.3. The van der Waals surface area contributed by atoms with Gasteiger partial charge in [0.25, 0.3) is 0 Å². The molecule has 0 saturated carbocycles. The van der Waals surface area contributed by atoms with E-state index in [0.29, 0.717) is 17.3 Å². The number of carboxylic acid groups (broad SMARTS) is 1. The van der Waals surface area contributed by atoms with Gasteiger partial charge in [-0.1, -0.05) is 65.2 Å². The lowest BCUT2D eigenvalue weighted by atomic mass is 10.1.